The number of aliphatic carboxylic acids is 1. The number of methoxy groups -OCH3 is 2. The van der Waals surface area contributed by atoms with Crippen molar-refractivity contribution < 1.29 is 57.4 Å². The molecule has 0 bridgehead atoms. The zero-order chi connectivity index (χ0) is 43.2. The number of carbonyl (C=O) groups excluding carboxylic acids is 2. The molecule has 2 N–H and O–H groups in total. The average Bonchev–Trinajstić information content (AvgIpc) is 4.06. The molecule has 16 heteroatoms. The van der Waals surface area contributed by atoms with Crippen molar-refractivity contribution in [3.63, 3.8) is 0 Å². The van der Waals surface area contributed by atoms with Gasteiger partial charge in [0.2, 0.25) is 11.8 Å². The summed E-state index contributed by atoms with van der Waals surface area (Å²) in [7, 11) is 3.17. The summed E-state index contributed by atoms with van der Waals surface area (Å²) in [5, 5.41) is 17.5. The molecule has 0 saturated carbocycles. The highest BCUT2D eigenvalue weighted by Crippen LogP contribution is 2.45. The van der Waals surface area contributed by atoms with Crippen LogP contribution in [0.1, 0.15) is 51.4 Å². The Morgan fingerprint density at radius 3 is 2.55 bits per heavy atom. The molecule has 5 aliphatic carbocycles. The van der Waals surface area contributed by atoms with Crippen LogP contribution in [-0.4, -0.2) is 130 Å². The molecule has 0 radical (unpaired) electrons. The van der Waals surface area contributed by atoms with E-state index < -0.39 is 23.9 Å². The van der Waals surface area contributed by atoms with Crippen LogP contribution in [0.2, 0.25) is 0 Å². The average molecular weight is 857 g/mol. The molecule has 0 aromatic heterocycles. The maximum atomic E-state index is 14.0. The number of allylic oxidation sites excluding steroid dienone is 10. The number of nitrogens with zero attached hydrogens (tertiary/aromatic N) is 3. The Labute approximate surface area is 361 Å². The second-order valence-corrected chi connectivity index (χ2v) is 16.4. The fourth-order valence-corrected chi connectivity index (χ4v) is 9.41. The Hall–Kier alpha value is -5.29. The van der Waals surface area contributed by atoms with Gasteiger partial charge >= 0.3 is 5.97 Å². The number of carboxylic acid groups (broad SMARTS) is 1. The number of hydrogen-bond donors (Lipinski definition) is 2. The van der Waals surface area contributed by atoms with E-state index in [1.54, 1.807) is 20.3 Å². The molecular formula is C46H56N4O12. The van der Waals surface area contributed by atoms with Crippen LogP contribution in [0.5, 0.6) is 0 Å². The third-order valence-electron chi connectivity index (χ3n) is 12.4. The number of carbonyl (C=O) groups is 3. The molecule has 6 atom stereocenters. The van der Waals surface area contributed by atoms with Crippen LogP contribution in [0.15, 0.2) is 99.0 Å². The van der Waals surface area contributed by atoms with Gasteiger partial charge in [-0.15, -0.1) is 0 Å². The van der Waals surface area contributed by atoms with Crippen molar-refractivity contribution >= 4 is 29.7 Å². The van der Waals surface area contributed by atoms with E-state index in [-0.39, 0.29) is 69.1 Å². The van der Waals surface area contributed by atoms with Crippen molar-refractivity contribution in [1.29, 1.82) is 5.41 Å². The fourth-order valence-electron chi connectivity index (χ4n) is 9.41. The normalized spacial score (nSPS) is 27.5. The van der Waals surface area contributed by atoms with Crippen molar-refractivity contribution in [3.05, 3.63) is 94.0 Å². The summed E-state index contributed by atoms with van der Waals surface area (Å²) in [6.45, 7) is 2.07. The smallest absolute Gasteiger partial charge is 0.329 e. The number of rotatable bonds is 20. The quantitative estimate of drug-likeness (QED) is 0.155. The zero-order valence-electron chi connectivity index (χ0n) is 35.4. The molecule has 16 nitrogen and oxygen atoms in total. The molecule has 0 aromatic rings. The van der Waals surface area contributed by atoms with Gasteiger partial charge in [0.1, 0.15) is 42.4 Å². The van der Waals surface area contributed by atoms with Gasteiger partial charge in [-0.05, 0) is 50.2 Å². The summed E-state index contributed by atoms with van der Waals surface area (Å²) in [5.41, 5.74) is 4.14. The van der Waals surface area contributed by atoms with Crippen molar-refractivity contribution in [2.24, 2.45) is 28.7 Å². The monoisotopic (exact) mass is 856 g/mol. The number of ether oxygens (including phenoxy) is 8. The van der Waals surface area contributed by atoms with Gasteiger partial charge in [-0.1, -0.05) is 18.2 Å². The summed E-state index contributed by atoms with van der Waals surface area (Å²) in [6.07, 6.45) is 20.8. The molecule has 2 fully saturated rings. The SMILES string of the molecule is COC1=C(OC2=CC(OCCOCCOCCOCC(=O)O)=CC(COC3=CC(=N)C(C(=O)N4CCC5=CCC=C54)CC3OC)C2)C=C2N=CC3CC4CCC=C4N3C(=O)C2C1. The molecule has 0 aromatic carbocycles. The molecule has 3 aliphatic heterocycles. The van der Waals surface area contributed by atoms with Crippen LogP contribution in [0.4, 0.5) is 0 Å². The summed E-state index contributed by atoms with van der Waals surface area (Å²) in [6, 6.07) is -0.0542. The van der Waals surface area contributed by atoms with Crippen LogP contribution in [-0.2, 0) is 52.3 Å². The van der Waals surface area contributed by atoms with Gasteiger partial charge < -0.3 is 58.2 Å². The van der Waals surface area contributed by atoms with Crippen LogP contribution in [0, 0.1) is 29.1 Å². The first-order valence-corrected chi connectivity index (χ1v) is 21.6. The molecule has 8 rings (SSSR count). The largest absolute Gasteiger partial charge is 0.497 e. The molecule has 332 valence electrons. The zero-order valence-corrected chi connectivity index (χ0v) is 35.4. The van der Waals surface area contributed by atoms with Gasteiger partial charge in [0.05, 0.1) is 70.3 Å². The first-order chi connectivity index (χ1) is 30.2. The highest BCUT2D eigenvalue weighted by Gasteiger charge is 2.46. The van der Waals surface area contributed by atoms with Crippen molar-refractivity contribution in [2.75, 3.05) is 73.6 Å². The number of likely N-dealkylation sites (tertiary alicyclic amines) is 1. The summed E-state index contributed by atoms with van der Waals surface area (Å²) in [5.74, 6) is 0.666. The van der Waals surface area contributed by atoms with Gasteiger partial charge in [0, 0.05) is 79.9 Å². The van der Waals surface area contributed by atoms with Gasteiger partial charge in [-0.25, -0.2) is 4.79 Å². The standard InChI is InChI=1S/C46H56N4O12/c1-55-40-21-34(45(53)49-10-9-29-5-3-7-38(29)49)36(47)23-42(40)61-26-28-17-32(60-16-15-58-12-11-57-13-14-59-27-44(51)52)20-33(18-28)62-43-24-37-35(22-41(43)56-2)46(54)50-31(25-48-37)19-30-6-4-8-39(30)50/h5,7-8,17,20,23-25,28,30-31,34-35,40,47H,3-4,6,9-16,18-19,21-22,26-27H2,1-2H3,(H,51,52). The lowest BCUT2D eigenvalue weighted by Crippen LogP contribution is -2.41. The van der Waals surface area contributed by atoms with Crippen LogP contribution >= 0.6 is 0 Å². The summed E-state index contributed by atoms with van der Waals surface area (Å²) >= 11 is 0. The van der Waals surface area contributed by atoms with E-state index in [1.807, 2.05) is 34.2 Å². The Bertz CT molecular complexity index is 2080. The van der Waals surface area contributed by atoms with Crippen molar-refractivity contribution in [2.45, 2.75) is 63.5 Å². The minimum absolute atomic E-state index is 0.0398. The van der Waals surface area contributed by atoms with E-state index in [4.69, 9.17) is 53.4 Å². The summed E-state index contributed by atoms with van der Waals surface area (Å²) in [4.78, 5) is 46.9. The number of nitrogens with one attached hydrogen (secondary N) is 1. The fraction of sp³-hybridized carbons (Fsp3) is 0.543. The lowest BCUT2D eigenvalue weighted by atomic mass is 9.88. The Morgan fingerprint density at radius 2 is 1.76 bits per heavy atom. The Morgan fingerprint density at radius 1 is 0.952 bits per heavy atom. The number of carboxylic acids is 1. The second-order valence-electron chi connectivity index (χ2n) is 16.4. The molecule has 8 aliphatic rings. The topological polar surface area (TPSA) is 188 Å². The first kappa shape index (κ1) is 43.4. The maximum Gasteiger partial charge on any atom is 0.329 e. The molecule has 2 amide bonds. The number of aliphatic imine (C=N–C) groups is 1. The predicted molar refractivity (Wildman–Crippen MR) is 224 cm³/mol. The van der Waals surface area contributed by atoms with E-state index in [1.165, 1.54) is 5.57 Å². The molecule has 2 saturated heterocycles. The van der Waals surface area contributed by atoms with Crippen LogP contribution in [0.3, 0.4) is 0 Å². The van der Waals surface area contributed by atoms with Gasteiger partial charge in [-0.3, -0.25) is 14.6 Å². The lowest BCUT2D eigenvalue weighted by Gasteiger charge is -2.32. The van der Waals surface area contributed by atoms with Gasteiger partial charge in [0.15, 0.2) is 5.76 Å². The van der Waals surface area contributed by atoms with E-state index >= 15 is 0 Å². The predicted octanol–water partition coefficient (Wildman–Crippen LogP) is 5.08. The first-order valence-electron chi connectivity index (χ1n) is 21.6. The van der Waals surface area contributed by atoms with E-state index in [0.29, 0.717) is 79.4 Å². The Kier molecular flexibility index (Phi) is 13.9. The van der Waals surface area contributed by atoms with E-state index in [2.05, 4.69) is 18.2 Å². The number of amides is 2. The molecular weight excluding hydrogens is 801 g/mol. The van der Waals surface area contributed by atoms with Gasteiger partial charge in [0.25, 0.3) is 0 Å². The van der Waals surface area contributed by atoms with Crippen molar-refractivity contribution in [3.8, 4) is 0 Å². The minimum Gasteiger partial charge on any atom is -0.497 e. The molecule has 62 heavy (non-hydrogen) atoms. The maximum absolute atomic E-state index is 14.0. The Balaban J connectivity index is 0.922. The third-order valence-corrected chi connectivity index (χ3v) is 12.4. The number of fused-ring (bicyclic) bond motifs is 5. The summed E-state index contributed by atoms with van der Waals surface area (Å²) < 4.78 is 47.0. The molecule has 6 unspecified atom stereocenters. The van der Waals surface area contributed by atoms with E-state index in [9.17, 15) is 14.4 Å². The molecule has 3 heterocycles. The number of hydrogen-bond acceptors (Lipinski definition) is 13. The van der Waals surface area contributed by atoms with E-state index in [0.717, 1.165) is 43.5 Å². The van der Waals surface area contributed by atoms with Gasteiger partial charge in [-0.2, -0.15) is 0 Å². The van der Waals surface area contributed by atoms with Crippen LogP contribution < -0.4 is 0 Å². The van der Waals surface area contributed by atoms with Crippen molar-refractivity contribution in [1.82, 2.24) is 9.80 Å². The highest BCUT2D eigenvalue weighted by atomic mass is 16.6. The minimum atomic E-state index is -1.03. The third kappa shape index (κ3) is 9.68. The lowest BCUT2D eigenvalue weighted by molar-refractivity contribution is -0.142. The van der Waals surface area contributed by atoms with Crippen LogP contribution in [0.25, 0.3) is 0 Å². The second kappa shape index (κ2) is 19.8. The molecule has 0 spiro atoms. The highest BCUT2D eigenvalue weighted by molar-refractivity contribution is 6.10.